The summed E-state index contributed by atoms with van der Waals surface area (Å²) in [5, 5.41) is 0.790. The molecule has 4 nitrogen and oxygen atoms in total. The van der Waals surface area contributed by atoms with Crippen molar-refractivity contribution in [1.29, 1.82) is 0 Å². The monoisotopic (exact) mass is 443 g/mol. The molecule has 0 unspecified atom stereocenters. The molecule has 2 aromatic carbocycles. The van der Waals surface area contributed by atoms with Crippen LogP contribution in [0, 0.1) is 13.8 Å². The van der Waals surface area contributed by atoms with Crippen LogP contribution in [0.1, 0.15) is 45.5 Å². The number of rotatable bonds is 5. The number of thiazole rings is 1. The number of hydrogen-bond donors (Lipinski definition) is 0. The van der Waals surface area contributed by atoms with Crippen molar-refractivity contribution >= 4 is 45.0 Å². The fourth-order valence-corrected chi connectivity index (χ4v) is 5.13. The van der Waals surface area contributed by atoms with E-state index < -0.39 is 0 Å². The second-order valence-electron chi connectivity index (χ2n) is 8.38. The van der Waals surface area contributed by atoms with Crippen LogP contribution in [0.3, 0.4) is 0 Å². The van der Waals surface area contributed by atoms with Crippen LogP contribution in [0.5, 0.6) is 0 Å². The van der Waals surface area contributed by atoms with Gasteiger partial charge in [-0.3, -0.25) is 9.69 Å². The Labute approximate surface area is 189 Å². The third-order valence-corrected chi connectivity index (χ3v) is 6.88. The number of likely N-dealkylation sites (N-methyl/N-ethyl adjacent to an activating group) is 1. The topological polar surface area (TPSA) is 36.4 Å². The van der Waals surface area contributed by atoms with Gasteiger partial charge in [0.1, 0.15) is 0 Å². The zero-order chi connectivity index (χ0) is 20.5. The molecule has 6 heteroatoms. The number of halogens is 1. The van der Waals surface area contributed by atoms with Crippen molar-refractivity contribution in [2.75, 3.05) is 32.1 Å². The van der Waals surface area contributed by atoms with Crippen LogP contribution in [0.15, 0.2) is 30.3 Å². The maximum Gasteiger partial charge on any atom is 0.260 e. The zero-order valence-electron chi connectivity index (χ0n) is 18.2. The Kier molecular flexibility index (Phi) is 7.17. The van der Waals surface area contributed by atoms with Gasteiger partial charge in [0.2, 0.25) is 0 Å². The van der Waals surface area contributed by atoms with Crippen molar-refractivity contribution in [3.8, 4) is 0 Å². The van der Waals surface area contributed by atoms with Crippen molar-refractivity contribution in [2.45, 2.75) is 39.5 Å². The first-order chi connectivity index (χ1) is 13.9. The summed E-state index contributed by atoms with van der Waals surface area (Å²) in [7, 11) is 4.07. The Hall–Kier alpha value is -1.95. The molecule has 0 radical (unpaired) electrons. The molecule has 1 aliphatic rings. The van der Waals surface area contributed by atoms with Crippen LogP contribution < -0.4 is 4.90 Å². The average Bonchev–Trinajstić information content (AvgIpc) is 3.11. The fraction of sp³-hybridized carbons (Fsp3) is 0.417. The lowest BCUT2D eigenvalue weighted by Crippen LogP contribution is -2.36. The molecule has 0 spiro atoms. The van der Waals surface area contributed by atoms with E-state index >= 15 is 0 Å². The number of carbonyl (C=O) groups is 1. The molecular formula is C24H30ClN3OS. The summed E-state index contributed by atoms with van der Waals surface area (Å²) in [5.74, 6) is 0.0497. The molecular weight excluding hydrogens is 414 g/mol. The highest BCUT2D eigenvalue weighted by atomic mass is 35.5. The zero-order valence-corrected chi connectivity index (χ0v) is 19.8. The molecule has 0 saturated heterocycles. The molecule has 1 heterocycles. The molecule has 30 heavy (non-hydrogen) atoms. The Morgan fingerprint density at radius 1 is 1.03 bits per heavy atom. The smallest absolute Gasteiger partial charge is 0.260 e. The molecule has 3 aromatic rings. The third kappa shape index (κ3) is 4.69. The van der Waals surface area contributed by atoms with Crippen LogP contribution >= 0.6 is 23.7 Å². The van der Waals surface area contributed by atoms with Gasteiger partial charge >= 0.3 is 0 Å². The molecule has 1 aromatic heterocycles. The van der Waals surface area contributed by atoms with Gasteiger partial charge < -0.3 is 4.90 Å². The lowest BCUT2D eigenvalue weighted by molar-refractivity contribution is 0.0985. The van der Waals surface area contributed by atoms with Gasteiger partial charge in [-0.2, -0.15) is 0 Å². The van der Waals surface area contributed by atoms with Crippen molar-refractivity contribution < 1.29 is 4.79 Å². The maximum atomic E-state index is 13.5. The van der Waals surface area contributed by atoms with Gasteiger partial charge in [-0.25, -0.2) is 4.98 Å². The SMILES string of the molecule is Cc1cc(C)c2sc(N(CCN(C)C)C(=O)c3ccc4c(c3)CCCC4)nc2c1.Cl. The Morgan fingerprint density at radius 3 is 2.50 bits per heavy atom. The number of anilines is 1. The Balaban J connectivity index is 0.00000256. The quantitative estimate of drug-likeness (QED) is 0.528. The van der Waals surface area contributed by atoms with E-state index in [-0.39, 0.29) is 18.3 Å². The molecule has 0 N–H and O–H groups in total. The number of aryl methyl sites for hydroxylation is 4. The van der Waals surface area contributed by atoms with Gasteiger partial charge in [0, 0.05) is 18.7 Å². The fourth-order valence-electron chi connectivity index (χ4n) is 4.09. The highest BCUT2D eigenvalue weighted by Crippen LogP contribution is 2.33. The highest BCUT2D eigenvalue weighted by molar-refractivity contribution is 7.22. The lowest BCUT2D eigenvalue weighted by Gasteiger charge is -2.23. The summed E-state index contributed by atoms with van der Waals surface area (Å²) in [4.78, 5) is 22.4. The first-order valence-electron chi connectivity index (χ1n) is 10.4. The van der Waals surface area contributed by atoms with Crippen molar-refractivity contribution in [1.82, 2.24) is 9.88 Å². The molecule has 1 aliphatic carbocycles. The minimum Gasteiger partial charge on any atom is -0.308 e. The van der Waals surface area contributed by atoms with E-state index in [2.05, 4.69) is 43.0 Å². The first-order valence-corrected chi connectivity index (χ1v) is 11.2. The number of hydrogen-bond acceptors (Lipinski definition) is 4. The minimum absolute atomic E-state index is 0. The van der Waals surface area contributed by atoms with E-state index in [9.17, 15) is 4.79 Å². The summed E-state index contributed by atoms with van der Waals surface area (Å²) < 4.78 is 1.17. The second-order valence-corrected chi connectivity index (χ2v) is 9.35. The second kappa shape index (κ2) is 9.46. The number of carbonyl (C=O) groups excluding carboxylic acids is 1. The van der Waals surface area contributed by atoms with Crippen LogP contribution in [-0.4, -0.2) is 43.0 Å². The normalized spacial score (nSPS) is 13.2. The molecule has 0 saturated carbocycles. The van der Waals surface area contributed by atoms with Gasteiger partial charge in [-0.15, -0.1) is 12.4 Å². The molecule has 0 atom stereocenters. The van der Waals surface area contributed by atoms with Crippen LogP contribution in [0.4, 0.5) is 5.13 Å². The predicted octanol–water partition coefficient (Wildman–Crippen LogP) is 5.42. The molecule has 0 aliphatic heterocycles. The molecule has 160 valence electrons. The Morgan fingerprint density at radius 2 is 1.77 bits per heavy atom. The van der Waals surface area contributed by atoms with E-state index in [0.29, 0.717) is 6.54 Å². The van der Waals surface area contributed by atoms with Gasteiger partial charge in [0.15, 0.2) is 5.13 Å². The summed E-state index contributed by atoms with van der Waals surface area (Å²) in [5.41, 5.74) is 6.92. The largest absolute Gasteiger partial charge is 0.308 e. The van der Waals surface area contributed by atoms with Crippen LogP contribution in [0.2, 0.25) is 0 Å². The predicted molar refractivity (Wildman–Crippen MR) is 130 cm³/mol. The van der Waals surface area contributed by atoms with Crippen molar-refractivity contribution in [3.63, 3.8) is 0 Å². The maximum absolute atomic E-state index is 13.5. The van der Waals surface area contributed by atoms with Gasteiger partial charge in [0.25, 0.3) is 5.91 Å². The van der Waals surface area contributed by atoms with Crippen LogP contribution in [-0.2, 0) is 12.8 Å². The van der Waals surface area contributed by atoms with E-state index in [1.807, 2.05) is 25.1 Å². The molecule has 0 bridgehead atoms. The van der Waals surface area contributed by atoms with Gasteiger partial charge in [-0.1, -0.05) is 23.5 Å². The first kappa shape index (κ1) is 22.7. The summed E-state index contributed by atoms with van der Waals surface area (Å²) in [6.07, 6.45) is 4.67. The number of fused-ring (bicyclic) bond motifs is 2. The van der Waals surface area contributed by atoms with Gasteiger partial charge in [0.05, 0.1) is 10.2 Å². The molecule has 1 amide bonds. The van der Waals surface area contributed by atoms with Crippen molar-refractivity contribution in [2.24, 2.45) is 0 Å². The number of nitrogens with zero attached hydrogens (tertiary/aromatic N) is 3. The molecule has 4 rings (SSSR count). The van der Waals surface area contributed by atoms with Crippen LogP contribution in [0.25, 0.3) is 10.2 Å². The van der Waals surface area contributed by atoms with Crippen molar-refractivity contribution in [3.05, 3.63) is 58.1 Å². The van der Waals surface area contributed by atoms with Gasteiger partial charge in [-0.05, 0) is 94.1 Å². The summed E-state index contributed by atoms with van der Waals surface area (Å²) in [6, 6.07) is 10.5. The summed E-state index contributed by atoms with van der Waals surface area (Å²) >= 11 is 1.62. The number of amides is 1. The number of aromatic nitrogens is 1. The van der Waals surface area contributed by atoms with E-state index in [0.717, 1.165) is 35.6 Å². The van der Waals surface area contributed by atoms with E-state index in [1.54, 1.807) is 11.3 Å². The van der Waals surface area contributed by atoms with E-state index in [1.165, 1.54) is 39.8 Å². The third-order valence-electron chi connectivity index (χ3n) is 5.65. The average molecular weight is 444 g/mol. The van der Waals surface area contributed by atoms with E-state index in [4.69, 9.17) is 4.98 Å². The number of benzene rings is 2. The standard InChI is InChI=1S/C24H29N3OS.ClH/c1-16-13-17(2)22-21(14-16)25-24(29-22)27(12-11-26(3)4)23(28)20-10-9-18-7-5-6-8-19(18)15-20;/h9-10,13-15H,5-8,11-12H2,1-4H3;1H. The minimum atomic E-state index is 0. The molecule has 0 fully saturated rings. The highest BCUT2D eigenvalue weighted by Gasteiger charge is 2.23. The summed E-state index contributed by atoms with van der Waals surface area (Å²) in [6.45, 7) is 5.63. The Bertz CT molecular complexity index is 1060. The lowest BCUT2D eigenvalue weighted by atomic mass is 9.90.